The Bertz CT molecular complexity index is 1700. The summed E-state index contributed by atoms with van der Waals surface area (Å²) in [6.45, 7) is 4.39. The second-order valence-corrected chi connectivity index (χ2v) is 11.6. The lowest BCUT2D eigenvalue weighted by atomic mass is 10.0. The van der Waals surface area contributed by atoms with Crippen LogP contribution in [0.2, 0.25) is 5.02 Å². The molecule has 0 atom stereocenters. The van der Waals surface area contributed by atoms with Gasteiger partial charge in [0.1, 0.15) is 11.6 Å². The van der Waals surface area contributed by atoms with Gasteiger partial charge in [-0.3, -0.25) is 14.4 Å². The van der Waals surface area contributed by atoms with E-state index < -0.39 is 17.3 Å². The molecule has 1 saturated heterocycles. The van der Waals surface area contributed by atoms with Crippen molar-refractivity contribution in [1.82, 2.24) is 20.0 Å². The van der Waals surface area contributed by atoms with Crippen LogP contribution < -0.4 is 10.3 Å². The molecule has 212 valence electrons. The van der Waals surface area contributed by atoms with Gasteiger partial charge in [-0.2, -0.15) is 5.10 Å². The molecule has 4 aromatic rings. The van der Waals surface area contributed by atoms with Crippen LogP contribution in [-0.4, -0.2) is 63.6 Å². The van der Waals surface area contributed by atoms with E-state index in [1.54, 1.807) is 60.0 Å². The van der Waals surface area contributed by atoms with Gasteiger partial charge in [0.15, 0.2) is 5.60 Å². The first-order valence-corrected chi connectivity index (χ1v) is 14.2. The summed E-state index contributed by atoms with van der Waals surface area (Å²) in [5, 5.41) is 8.27. The lowest BCUT2D eigenvalue weighted by Gasteiger charge is -2.38. The minimum atomic E-state index is -1.19. The number of benzene rings is 3. The molecule has 41 heavy (non-hydrogen) atoms. The van der Waals surface area contributed by atoms with E-state index in [0.29, 0.717) is 39.2 Å². The Hall–Kier alpha value is -3.76. The molecule has 2 heterocycles. The fourth-order valence-corrected chi connectivity index (χ4v) is 5.60. The van der Waals surface area contributed by atoms with Crippen molar-refractivity contribution in [3.05, 3.63) is 103 Å². The number of nitrogens with zero attached hydrogens (tertiary/aromatic N) is 3. The second-order valence-electron chi connectivity index (χ2n) is 10.3. The van der Waals surface area contributed by atoms with E-state index in [9.17, 15) is 18.8 Å². The number of carbonyl (C=O) groups excluding carboxylic acids is 2. The molecule has 0 saturated carbocycles. The smallest absolute Gasteiger partial charge is 0.272 e. The molecule has 1 N–H and O–H groups in total. The third kappa shape index (κ3) is 6.13. The predicted octanol–water partition coefficient (Wildman–Crippen LogP) is 5.21. The van der Waals surface area contributed by atoms with E-state index >= 15 is 0 Å². The summed E-state index contributed by atoms with van der Waals surface area (Å²) in [5.41, 5.74) is -0.233. The van der Waals surface area contributed by atoms with E-state index in [2.05, 4.69) is 26.1 Å². The van der Waals surface area contributed by atoms with E-state index in [0.717, 1.165) is 4.47 Å². The SMILES string of the molecule is CC(C)(Oc1ccc(Br)cc1Cl)C(=O)N1CCN(C(=O)c2cc(Cc3n[nH]c(=O)c4ccccc34)ccc2F)CC1. The van der Waals surface area contributed by atoms with Crippen molar-refractivity contribution in [3.8, 4) is 5.75 Å². The number of H-pyrrole nitrogens is 1. The standard InChI is InChI=1S/C30H27BrClFN4O4/c1-30(2,41-26-10-8-19(31)17-23(26)32)29(40)37-13-11-36(12-14-37)28(39)22-15-18(7-9-24(22)33)16-25-20-5-3-4-6-21(20)27(38)35-34-25/h3-10,15,17H,11-14,16H2,1-2H3,(H,35,38). The van der Waals surface area contributed by atoms with Crippen LogP contribution in [0.1, 0.15) is 35.5 Å². The number of halogens is 3. The summed E-state index contributed by atoms with van der Waals surface area (Å²) in [5.74, 6) is -0.926. The van der Waals surface area contributed by atoms with Gasteiger partial charge < -0.3 is 14.5 Å². The topological polar surface area (TPSA) is 95.6 Å². The Morgan fingerprint density at radius 3 is 2.41 bits per heavy atom. The molecule has 8 nitrogen and oxygen atoms in total. The third-order valence-electron chi connectivity index (χ3n) is 7.04. The highest BCUT2D eigenvalue weighted by Crippen LogP contribution is 2.31. The minimum absolute atomic E-state index is 0.0513. The van der Waals surface area contributed by atoms with Crippen LogP contribution in [0.4, 0.5) is 4.39 Å². The molecular weight excluding hydrogens is 615 g/mol. The quantitative estimate of drug-likeness (QED) is 0.312. The van der Waals surface area contributed by atoms with Crippen molar-refractivity contribution < 1.29 is 18.7 Å². The number of fused-ring (bicyclic) bond motifs is 1. The molecule has 1 aliphatic rings. The first kappa shape index (κ1) is 28.8. The number of hydrogen-bond donors (Lipinski definition) is 1. The third-order valence-corrected chi connectivity index (χ3v) is 7.82. The van der Waals surface area contributed by atoms with Crippen LogP contribution in [0.15, 0.2) is 69.9 Å². The molecule has 0 unspecified atom stereocenters. The zero-order valence-electron chi connectivity index (χ0n) is 22.4. The van der Waals surface area contributed by atoms with Crippen molar-refractivity contribution >= 4 is 50.1 Å². The summed E-state index contributed by atoms with van der Waals surface area (Å²) in [4.78, 5) is 41.9. The number of rotatable bonds is 6. The fraction of sp³-hybridized carbons (Fsp3) is 0.267. The number of amides is 2. The number of hydrogen-bond acceptors (Lipinski definition) is 5. The Kier molecular flexibility index (Phi) is 8.15. The molecule has 0 spiro atoms. The summed E-state index contributed by atoms with van der Waals surface area (Å²) in [7, 11) is 0. The predicted molar refractivity (Wildman–Crippen MR) is 158 cm³/mol. The van der Waals surface area contributed by atoms with Crippen LogP contribution in [-0.2, 0) is 11.2 Å². The number of aromatic nitrogens is 2. The molecule has 2 amide bonds. The summed E-state index contributed by atoms with van der Waals surface area (Å²) < 4.78 is 21.6. The molecule has 0 radical (unpaired) electrons. The number of carbonyl (C=O) groups is 2. The van der Waals surface area contributed by atoms with E-state index in [-0.39, 0.29) is 43.2 Å². The largest absolute Gasteiger partial charge is 0.476 e. The van der Waals surface area contributed by atoms with Crippen LogP contribution in [0.25, 0.3) is 10.8 Å². The normalized spacial score (nSPS) is 13.9. The molecule has 0 aliphatic carbocycles. The van der Waals surface area contributed by atoms with Crippen LogP contribution in [0, 0.1) is 5.82 Å². The van der Waals surface area contributed by atoms with Gasteiger partial charge in [0.2, 0.25) is 0 Å². The van der Waals surface area contributed by atoms with Gasteiger partial charge in [0.05, 0.1) is 21.7 Å². The maximum Gasteiger partial charge on any atom is 0.272 e. The van der Waals surface area contributed by atoms with Crippen molar-refractivity contribution in [2.24, 2.45) is 0 Å². The second kappa shape index (κ2) is 11.6. The van der Waals surface area contributed by atoms with Crippen LogP contribution in [0.5, 0.6) is 5.75 Å². The highest BCUT2D eigenvalue weighted by Gasteiger charge is 2.37. The maximum absolute atomic E-state index is 14.8. The lowest BCUT2D eigenvalue weighted by molar-refractivity contribution is -0.147. The molecule has 11 heteroatoms. The highest BCUT2D eigenvalue weighted by atomic mass is 79.9. The lowest BCUT2D eigenvalue weighted by Crippen LogP contribution is -2.56. The van der Waals surface area contributed by atoms with E-state index in [4.69, 9.17) is 16.3 Å². The monoisotopic (exact) mass is 640 g/mol. The molecule has 3 aromatic carbocycles. The van der Waals surface area contributed by atoms with Crippen molar-refractivity contribution in [2.75, 3.05) is 26.2 Å². The van der Waals surface area contributed by atoms with Crippen molar-refractivity contribution in [1.29, 1.82) is 0 Å². The van der Waals surface area contributed by atoms with Gasteiger partial charge in [-0.25, -0.2) is 9.49 Å². The zero-order valence-corrected chi connectivity index (χ0v) is 24.8. The van der Waals surface area contributed by atoms with Gasteiger partial charge in [-0.15, -0.1) is 0 Å². The first-order valence-electron chi connectivity index (χ1n) is 13.0. The van der Waals surface area contributed by atoms with E-state index in [1.165, 1.54) is 12.1 Å². The molecule has 0 bridgehead atoms. The van der Waals surface area contributed by atoms with Gasteiger partial charge in [-0.1, -0.05) is 51.8 Å². The van der Waals surface area contributed by atoms with Crippen molar-refractivity contribution in [2.45, 2.75) is 25.9 Å². The Balaban J connectivity index is 1.26. The van der Waals surface area contributed by atoms with Gasteiger partial charge >= 0.3 is 0 Å². The van der Waals surface area contributed by atoms with Crippen LogP contribution >= 0.6 is 27.5 Å². The summed E-state index contributed by atoms with van der Waals surface area (Å²) in [6.07, 6.45) is 0.303. The molecular formula is C30H27BrClFN4O4. The Morgan fingerprint density at radius 2 is 1.71 bits per heavy atom. The van der Waals surface area contributed by atoms with E-state index in [1.807, 2.05) is 12.1 Å². The number of piperazine rings is 1. The van der Waals surface area contributed by atoms with Gasteiger partial charge in [-0.05, 0) is 55.8 Å². The van der Waals surface area contributed by atoms with Gasteiger partial charge in [0, 0.05) is 42.5 Å². The van der Waals surface area contributed by atoms with Crippen molar-refractivity contribution in [3.63, 3.8) is 0 Å². The zero-order chi connectivity index (χ0) is 29.3. The highest BCUT2D eigenvalue weighted by molar-refractivity contribution is 9.10. The number of ether oxygens (including phenoxy) is 1. The fourth-order valence-electron chi connectivity index (χ4n) is 4.89. The summed E-state index contributed by atoms with van der Waals surface area (Å²) in [6, 6.07) is 16.7. The molecule has 5 rings (SSSR count). The molecule has 1 fully saturated rings. The van der Waals surface area contributed by atoms with Crippen LogP contribution in [0.3, 0.4) is 0 Å². The first-order chi connectivity index (χ1) is 19.5. The Labute approximate surface area is 249 Å². The number of nitrogens with one attached hydrogen (secondary N) is 1. The maximum atomic E-state index is 14.8. The molecule has 1 aromatic heterocycles. The number of aromatic amines is 1. The van der Waals surface area contributed by atoms with Gasteiger partial charge in [0.25, 0.3) is 17.4 Å². The molecule has 1 aliphatic heterocycles. The Morgan fingerprint density at radius 1 is 1.02 bits per heavy atom. The average molecular weight is 642 g/mol. The average Bonchev–Trinajstić information content (AvgIpc) is 2.96. The minimum Gasteiger partial charge on any atom is -0.476 e. The summed E-state index contributed by atoms with van der Waals surface area (Å²) >= 11 is 9.62.